The summed E-state index contributed by atoms with van der Waals surface area (Å²) in [6.45, 7) is 6.22. The van der Waals surface area contributed by atoms with Crippen molar-refractivity contribution in [2.24, 2.45) is 0 Å². The number of aliphatic hydroxyl groups excluding tert-OH is 1. The standard InChI is InChI=1S/C15H26N4O/c20-15-13-17(7-5-11-19-10-4-6-16-19)12-14(15)18-8-2-1-3-9-18/h4,6,10,14-15,20H,1-3,5,7-9,11-13H2/t14-,15-/m0/s1. The molecular formula is C15H26N4O. The van der Waals surface area contributed by atoms with Gasteiger partial charge in [-0.1, -0.05) is 6.42 Å². The quantitative estimate of drug-likeness (QED) is 0.865. The number of aliphatic hydroxyl groups is 1. The van der Waals surface area contributed by atoms with Crippen molar-refractivity contribution in [1.82, 2.24) is 19.6 Å². The lowest BCUT2D eigenvalue weighted by molar-refractivity contribution is 0.0706. The van der Waals surface area contributed by atoms with Crippen LogP contribution in [0.2, 0.25) is 0 Å². The van der Waals surface area contributed by atoms with E-state index in [-0.39, 0.29) is 6.10 Å². The molecule has 3 rings (SSSR count). The summed E-state index contributed by atoms with van der Waals surface area (Å²) >= 11 is 0. The van der Waals surface area contributed by atoms with E-state index in [1.54, 1.807) is 0 Å². The average Bonchev–Trinajstić information content (AvgIpc) is 3.10. The third kappa shape index (κ3) is 3.40. The molecule has 5 heteroatoms. The lowest BCUT2D eigenvalue weighted by atomic mass is 10.1. The van der Waals surface area contributed by atoms with E-state index >= 15 is 0 Å². The van der Waals surface area contributed by atoms with Crippen LogP contribution in [-0.2, 0) is 6.54 Å². The van der Waals surface area contributed by atoms with Crippen LogP contribution in [-0.4, -0.2) is 69.6 Å². The second-order valence-electron chi connectivity index (χ2n) is 6.11. The highest BCUT2D eigenvalue weighted by Gasteiger charge is 2.35. The molecule has 20 heavy (non-hydrogen) atoms. The molecule has 5 nitrogen and oxygen atoms in total. The van der Waals surface area contributed by atoms with Crippen molar-refractivity contribution in [2.75, 3.05) is 32.7 Å². The van der Waals surface area contributed by atoms with E-state index in [2.05, 4.69) is 14.9 Å². The van der Waals surface area contributed by atoms with Crippen LogP contribution < -0.4 is 0 Å². The van der Waals surface area contributed by atoms with Crippen molar-refractivity contribution < 1.29 is 5.11 Å². The maximum atomic E-state index is 10.3. The van der Waals surface area contributed by atoms with Gasteiger partial charge in [-0.15, -0.1) is 0 Å². The Balaban J connectivity index is 1.43. The third-order valence-corrected chi connectivity index (χ3v) is 4.62. The number of β-amino-alcohol motifs (C(OH)–C–C–N with tert-alkyl or cyclic N) is 1. The zero-order valence-corrected chi connectivity index (χ0v) is 12.2. The number of nitrogens with zero attached hydrogens (tertiary/aromatic N) is 4. The van der Waals surface area contributed by atoms with Crippen molar-refractivity contribution in [1.29, 1.82) is 0 Å². The van der Waals surface area contributed by atoms with Crippen LogP contribution in [0.25, 0.3) is 0 Å². The molecule has 0 amide bonds. The van der Waals surface area contributed by atoms with Gasteiger partial charge in [0, 0.05) is 44.6 Å². The molecule has 2 saturated heterocycles. The molecule has 1 N–H and O–H groups in total. The van der Waals surface area contributed by atoms with E-state index in [1.807, 2.05) is 23.1 Å². The first-order valence-electron chi connectivity index (χ1n) is 7.95. The molecular weight excluding hydrogens is 252 g/mol. The summed E-state index contributed by atoms with van der Waals surface area (Å²) in [5.74, 6) is 0. The van der Waals surface area contributed by atoms with Gasteiger partial charge in [0.15, 0.2) is 0 Å². The third-order valence-electron chi connectivity index (χ3n) is 4.62. The van der Waals surface area contributed by atoms with Crippen molar-refractivity contribution >= 4 is 0 Å². The van der Waals surface area contributed by atoms with E-state index in [0.717, 1.165) is 32.6 Å². The van der Waals surface area contributed by atoms with Crippen LogP contribution >= 0.6 is 0 Å². The smallest absolute Gasteiger partial charge is 0.0834 e. The number of aryl methyl sites for hydroxylation is 1. The molecule has 0 unspecified atom stereocenters. The Morgan fingerprint density at radius 2 is 1.95 bits per heavy atom. The van der Waals surface area contributed by atoms with Crippen LogP contribution in [0.1, 0.15) is 25.7 Å². The van der Waals surface area contributed by atoms with Crippen LogP contribution in [0.3, 0.4) is 0 Å². The average molecular weight is 278 g/mol. The number of hydrogen-bond acceptors (Lipinski definition) is 4. The lowest BCUT2D eigenvalue weighted by Crippen LogP contribution is -2.45. The molecule has 0 aliphatic carbocycles. The Bertz CT molecular complexity index is 389. The summed E-state index contributed by atoms with van der Waals surface area (Å²) in [5, 5.41) is 14.5. The number of likely N-dealkylation sites (tertiary alicyclic amines) is 2. The van der Waals surface area contributed by atoms with E-state index in [1.165, 1.54) is 32.4 Å². The summed E-state index contributed by atoms with van der Waals surface area (Å²) in [6, 6.07) is 2.33. The molecule has 112 valence electrons. The molecule has 3 heterocycles. The molecule has 0 radical (unpaired) electrons. The fourth-order valence-electron chi connectivity index (χ4n) is 3.53. The number of rotatable bonds is 5. The molecule has 2 aliphatic heterocycles. The molecule has 0 spiro atoms. The number of aromatic nitrogens is 2. The fourth-order valence-corrected chi connectivity index (χ4v) is 3.53. The summed E-state index contributed by atoms with van der Waals surface area (Å²) in [5.41, 5.74) is 0. The summed E-state index contributed by atoms with van der Waals surface area (Å²) < 4.78 is 1.98. The molecule has 0 saturated carbocycles. The molecule has 1 aromatic rings. The Morgan fingerprint density at radius 1 is 1.10 bits per heavy atom. The highest BCUT2D eigenvalue weighted by molar-refractivity contribution is 4.91. The topological polar surface area (TPSA) is 44.5 Å². The van der Waals surface area contributed by atoms with Crippen molar-refractivity contribution in [3.63, 3.8) is 0 Å². The SMILES string of the molecule is O[C@H]1CN(CCCn2cccn2)C[C@@H]1N1CCCCC1. The molecule has 0 aromatic carbocycles. The van der Waals surface area contributed by atoms with Crippen LogP contribution in [0.15, 0.2) is 18.5 Å². The Morgan fingerprint density at radius 3 is 2.70 bits per heavy atom. The van der Waals surface area contributed by atoms with Crippen LogP contribution in [0.4, 0.5) is 0 Å². The summed E-state index contributed by atoms with van der Waals surface area (Å²) in [7, 11) is 0. The van der Waals surface area contributed by atoms with E-state index in [9.17, 15) is 5.11 Å². The minimum Gasteiger partial charge on any atom is -0.390 e. The second kappa shape index (κ2) is 6.70. The normalized spacial score (nSPS) is 29.1. The van der Waals surface area contributed by atoms with Gasteiger partial charge in [-0.2, -0.15) is 5.10 Å². The van der Waals surface area contributed by atoms with Crippen LogP contribution in [0, 0.1) is 0 Å². The van der Waals surface area contributed by atoms with Gasteiger partial charge in [0.05, 0.1) is 6.10 Å². The molecule has 1 aromatic heterocycles. The monoisotopic (exact) mass is 278 g/mol. The van der Waals surface area contributed by atoms with Gasteiger partial charge in [-0.25, -0.2) is 0 Å². The predicted molar refractivity (Wildman–Crippen MR) is 78.5 cm³/mol. The number of piperidine rings is 1. The second-order valence-corrected chi connectivity index (χ2v) is 6.11. The van der Waals surface area contributed by atoms with Crippen LogP contribution in [0.5, 0.6) is 0 Å². The summed E-state index contributed by atoms with van der Waals surface area (Å²) in [4.78, 5) is 4.91. The van der Waals surface area contributed by atoms with E-state index in [0.29, 0.717) is 6.04 Å². The first-order chi connectivity index (χ1) is 9.83. The first kappa shape index (κ1) is 14.0. The largest absolute Gasteiger partial charge is 0.390 e. The highest BCUT2D eigenvalue weighted by Crippen LogP contribution is 2.20. The van der Waals surface area contributed by atoms with Gasteiger partial charge in [-0.3, -0.25) is 14.5 Å². The lowest BCUT2D eigenvalue weighted by Gasteiger charge is -2.33. The van der Waals surface area contributed by atoms with Gasteiger partial charge in [0.2, 0.25) is 0 Å². The highest BCUT2D eigenvalue weighted by atomic mass is 16.3. The predicted octanol–water partition coefficient (Wildman–Crippen LogP) is 0.804. The maximum absolute atomic E-state index is 10.3. The van der Waals surface area contributed by atoms with Gasteiger partial charge >= 0.3 is 0 Å². The molecule has 2 fully saturated rings. The molecule has 2 atom stereocenters. The summed E-state index contributed by atoms with van der Waals surface area (Å²) in [6.07, 6.45) is 8.71. The Hall–Kier alpha value is -0.910. The number of hydrogen-bond donors (Lipinski definition) is 1. The zero-order valence-electron chi connectivity index (χ0n) is 12.2. The first-order valence-corrected chi connectivity index (χ1v) is 7.95. The van der Waals surface area contributed by atoms with Gasteiger partial charge in [-0.05, 0) is 38.4 Å². The van der Waals surface area contributed by atoms with Gasteiger partial charge in [0.1, 0.15) is 0 Å². The fraction of sp³-hybridized carbons (Fsp3) is 0.800. The zero-order chi connectivity index (χ0) is 13.8. The van der Waals surface area contributed by atoms with E-state index in [4.69, 9.17) is 0 Å². The van der Waals surface area contributed by atoms with Gasteiger partial charge < -0.3 is 5.11 Å². The van der Waals surface area contributed by atoms with Crippen molar-refractivity contribution in [2.45, 2.75) is 44.4 Å². The van der Waals surface area contributed by atoms with Gasteiger partial charge in [0.25, 0.3) is 0 Å². The Labute approximate surface area is 121 Å². The van der Waals surface area contributed by atoms with Crippen molar-refractivity contribution in [3.05, 3.63) is 18.5 Å². The minimum absolute atomic E-state index is 0.169. The Kier molecular flexibility index (Phi) is 4.70. The minimum atomic E-state index is -0.169. The molecule has 2 aliphatic rings. The van der Waals surface area contributed by atoms with E-state index < -0.39 is 0 Å². The molecule has 0 bridgehead atoms. The van der Waals surface area contributed by atoms with Crippen molar-refractivity contribution in [3.8, 4) is 0 Å². The maximum Gasteiger partial charge on any atom is 0.0834 e.